The van der Waals surface area contributed by atoms with Gasteiger partial charge in [-0.15, -0.1) is 11.5 Å². The molecule has 0 saturated carbocycles. The number of nitrogens with two attached hydrogens (primary N) is 1. The third kappa shape index (κ3) is 3.62. The van der Waals surface area contributed by atoms with E-state index >= 15 is 0 Å². The van der Waals surface area contributed by atoms with Crippen LogP contribution < -0.4 is 5.84 Å². The smallest absolute Gasteiger partial charge is 0.294 e. The van der Waals surface area contributed by atoms with Gasteiger partial charge in [0, 0.05) is 6.61 Å². The topological polar surface area (TPSA) is 71.2 Å². The van der Waals surface area contributed by atoms with Gasteiger partial charge in [-0.25, -0.2) is 10.9 Å². The highest BCUT2D eigenvalue weighted by Gasteiger charge is 2.41. The fourth-order valence-corrected chi connectivity index (χ4v) is 2.10. The maximum Gasteiger partial charge on any atom is 0.294 e. The number of amides is 1. The molecule has 1 unspecified atom stereocenters. The van der Waals surface area contributed by atoms with Gasteiger partial charge in [-0.2, -0.15) is 0 Å². The zero-order chi connectivity index (χ0) is 14.6. The van der Waals surface area contributed by atoms with Gasteiger partial charge < -0.3 is 4.74 Å². The van der Waals surface area contributed by atoms with Crippen molar-refractivity contribution in [3.8, 4) is 12.3 Å². The highest BCUT2D eigenvalue weighted by Crippen LogP contribution is 2.25. The van der Waals surface area contributed by atoms with Crippen LogP contribution in [-0.2, 0) is 9.53 Å². The summed E-state index contributed by atoms with van der Waals surface area (Å²) in [6.45, 7) is 8.07. The van der Waals surface area contributed by atoms with E-state index in [0.29, 0.717) is 17.5 Å². The maximum atomic E-state index is 12.2. The molecule has 1 aliphatic rings. The second-order valence-electron chi connectivity index (χ2n) is 4.91. The van der Waals surface area contributed by atoms with Crippen LogP contribution in [0.15, 0.2) is 5.10 Å². The van der Waals surface area contributed by atoms with Gasteiger partial charge >= 0.3 is 0 Å². The van der Waals surface area contributed by atoms with Crippen LogP contribution in [0.1, 0.15) is 27.7 Å². The number of nitrogens with zero attached hydrogens (tertiary/aromatic N) is 3. The molecule has 0 aromatic heterocycles. The Kier molecular flexibility index (Phi) is 5.23. The van der Waals surface area contributed by atoms with Crippen LogP contribution in [0.5, 0.6) is 0 Å². The van der Waals surface area contributed by atoms with Crippen molar-refractivity contribution < 1.29 is 9.53 Å². The lowest BCUT2D eigenvalue weighted by Gasteiger charge is -2.42. The summed E-state index contributed by atoms with van der Waals surface area (Å²) in [6, 6.07) is 0. The number of hydrazine groups is 1. The number of ether oxygens (including phenoxy) is 1. The number of hydrogen-bond donors (Lipinski definition) is 1. The Bertz CT molecular complexity index is 411. The summed E-state index contributed by atoms with van der Waals surface area (Å²) >= 11 is 1.25. The van der Waals surface area contributed by atoms with Gasteiger partial charge in [-0.3, -0.25) is 9.80 Å². The Morgan fingerprint density at radius 2 is 2.21 bits per heavy atom. The second kappa shape index (κ2) is 6.28. The van der Waals surface area contributed by atoms with E-state index in [0.717, 1.165) is 5.01 Å². The Morgan fingerprint density at radius 1 is 1.58 bits per heavy atom. The van der Waals surface area contributed by atoms with E-state index in [1.165, 1.54) is 11.8 Å². The zero-order valence-electron chi connectivity index (χ0n) is 11.7. The number of carbonyl (C=O) groups is 1. The molecule has 0 bridgehead atoms. The van der Waals surface area contributed by atoms with Crippen LogP contribution in [0.3, 0.4) is 0 Å². The fraction of sp³-hybridized carbons (Fsp3) is 0.667. The van der Waals surface area contributed by atoms with Crippen molar-refractivity contribution in [2.75, 3.05) is 12.4 Å². The van der Waals surface area contributed by atoms with Gasteiger partial charge in [0.25, 0.3) is 5.91 Å². The van der Waals surface area contributed by atoms with E-state index in [2.05, 4.69) is 11.0 Å². The largest absolute Gasteiger partial charge is 0.349 e. The lowest BCUT2D eigenvalue weighted by atomic mass is 10.1. The van der Waals surface area contributed by atoms with Crippen molar-refractivity contribution in [2.24, 2.45) is 10.9 Å². The molecular formula is C12H20N4O2S. The fourth-order valence-electron chi connectivity index (χ4n) is 1.52. The Labute approximate surface area is 118 Å². The summed E-state index contributed by atoms with van der Waals surface area (Å²) in [4.78, 5) is 12.2. The van der Waals surface area contributed by atoms with Crippen molar-refractivity contribution in [2.45, 2.75) is 39.5 Å². The van der Waals surface area contributed by atoms with Crippen molar-refractivity contribution in [3.63, 3.8) is 0 Å². The molecule has 1 atom stereocenters. The molecule has 0 aliphatic carbocycles. The first kappa shape index (κ1) is 15.8. The van der Waals surface area contributed by atoms with Gasteiger partial charge in [0.2, 0.25) is 11.4 Å². The zero-order valence-corrected chi connectivity index (χ0v) is 12.5. The van der Waals surface area contributed by atoms with Gasteiger partial charge in [0.1, 0.15) is 0 Å². The summed E-state index contributed by atoms with van der Waals surface area (Å²) in [7, 11) is 0. The molecule has 0 aromatic rings. The minimum Gasteiger partial charge on any atom is -0.349 e. The minimum atomic E-state index is -0.801. The van der Waals surface area contributed by atoms with Crippen LogP contribution in [-0.4, -0.2) is 45.2 Å². The minimum absolute atomic E-state index is 0.341. The molecule has 0 saturated heterocycles. The van der Waals surface area contributed by atoms with Crippen molar-refractivity contribution in [1.29, 1.82) is 0 Å². The molecule has 0 spiro atoms. The highest BCUT2D eigenvalue weighted by molar-refractivity contribution is 8.14. The molecule has 6 nitrogen and oxygen atoms in total. The normalized spacial score (nSPS) is 20.3. The quantitative estimate of drug-likeness (QED) is 0.471. The molecule has 7 heteroatoms. The summed E-state index contributed by atoms with van der Waals surface area (Å²) < 4.78 is 5.46. The molecule has 1 heterocycles. The number of amidine groups is 1. The molecule has 1 rings (SSSR count). The summed E-state index contributed by atoms with van der Waals surface area (Å²) in [5.41, 5.74) is -0.362. The van der Waals surface area contributed by atoms with Crippen LogP contribution in [0.4, 0.5) is 0 Å². The van der Waals surface area contributed by atoms with E-state index < -0.39 is 6.23 Å². The number of hydrogen-bond acceptors (Lipinski definition) is 6. The van der Waals surface area contributed by atoms with E-state index in [-0.39, 0.29) is 11.4 Å². The SMILES string of the molecule is C#CCSC1=NN(C(C)(C)C)C(OCC)C(=O)N1N. The molecule has 19 heavy (non-hydrogen) atoms. The number of hydrazone groups is 1. The number of carbonyl (C=O) groups excluding carboxylic acids is 1. The average molecular weight is 284 g/mol. The van der Waals surface area contributed by atoms with Crippen LogP contribution >= 0.6 is 11.8 Å². The molecule has 2 N–H and O–H groups in total. The third-order valence-corrected chi connectivity index (χ3v) is 3.21. The lowest BCUT2D eigenvalue weighted by Crippen LogP contribution is -2.61. The van der Waals surface area contributed by atoms with Crippen LogP contribution in [0.25, 0.3) is 0 Å². The standard InChI is InChI=1S/C12H20N4O2S/c1-6-8-19-11-14-16(12(3,4)5)10(18-7-2)9(17)15(11)13/h1,10H,7-8,13H2,2-5H3. The van der Waals surface area contributed by atoms with E-state index in [9.17, 15) is 4.79 Å². The predicted octanol–water partition coefficient (Wildman–Crippen LogP) is 0.803. The Hall–Kier alpha value is -1.23. The van der Waals surface area contributed by atoms with E-state index in [1.54, 1.807) is 5.01 Å². The number of terminal acetylenes is 1. The summed E-state index contributed by atoms with van der Waals surface area (Å²) in [5, 5.41) is 7.41. The molecule has 0 aromatic carbocycles. The predicted molar refractivity (Wildman–Crippen MR) is 76.8 cm³/mol. The first-order valence-electron chi connectivity index (χ1n) is 5.97. The van der Waals surface area contributed by atoms with Crippen LogP contribution in [0.2, 0.25) is 0 Å². The molecule has 1 aliphatic heterocycles. The molecular weight excluding hydrogens is 264 g/mol. The highest BCUT2D eigenvalue weighted by atomic mass is 32.2. The lowest BCUT2D eigenvalue weighted by molar-refractivity contribution is -0.165. The molecule has 1 amide bonds. The van der Waals surface area contributed by atoms with Gasteiger partial charge in [-0.1, -0.05) is 17.7 Å². The van der Waals surface area contributed by atoms with Gasteiger partial charge in [-0.05, 0) is 27.7 Å². The van der Waals surface area contributed by atoms with Crippen LogP contribution in [0, 0.1) is 12.3 Å². The Morgan fingerprint density at radius 3 is 2.68 bits per heavy atom. The van der Waals surface area contributed by atoms with Crippen molar-refractivity contribution in [1.82, 2.24) is 10.0 Å². The van der Waals surface area contributed by atoms with E-state index in [1.807, 2.05) is 27.7 Å². The molecule has 0 fully saturated rings. The summed E-state index contributed by atoms with van der Waals surface area (Å²) in [6.07, 6.45) is 4.41. The Balaban J connectivity index is 3.09. The average Bonchev–Trinajstić information content (AvgIpc) is 2.33. The van der Waals surface area contributed by atoms with Gasteiger partial charge in [0.15, 0.2) is 0 Å². The van der Waals surface area contributed by atoms with Crippen molar-refractivity contribution >= 4 is 22.8 Å². The number of thioether (sulfide) groups is 1. The number of rotatable bonds is 3. The first-order chi connectivity index (χ1) is 8.82. The van der Waals surface area contributed by atoms with E-state index in [4.69, 9.17) is 17.0 Å². The summed E-state index contributed by atoms with van der Waals surface area (Å²) in [5.74, 6) is 8.28. The second-order valence-corrected chi connectivity index (χ2v) is 5.85. The first-order valence-corrected chi connectivity index (χ1v) is 6.96. The third-order valence-electron chi connectivity index (χ3n) is 2.37. The maximum absolute atomic E-state index is 12.2. The molecule has 0 radical (unpaired) electrons. The van der Waals surface area contributed by atoms with Crippen molar-refractivity contribution in [3.05, 3.63) is 0 Å². The molecule has 106 valence electrons. The van der Waals surface area contributed by atoms with Gasteiger partial charge in [0.05, 0.1) is 11.3 Å². The monoisotopic (exact) mass is 284 g/mol.